The van der Waals surface area contributed by atoms with E-state index in [0.29, 0.717) is 40.6 Å². The Hall–Kier alpha value is -4.10. The third kappa shape index (κ3) is 5.91. The van der Waals surface area contributed by atoms with Gasteiger partial charge in [0.15, 0.2) is 0 Å². The third-order valence-corrected chi connectivity index (χ3v) is 11.2. The van der Waals surface area contributed by atoms with Gasteiger partial charge in [0.25, 0.3) is 0 Å². The van der Waals surface area contributed by atoms with Crippen molar-refractivity contribution in [2.24, 2.45) is 0 Å². The number of thiophene rings is 1. The molecule has 2 aliphatic heterocycles. The number of benzene rings is 2. The number of likely N-dealkylation sites (tertiary alicyclic amines) is 1. The highest BCUT2D eigenvalue weighted by Crippen LogP contribution is 2.49. The van der Waals surface area contributed by atoms with Gasteiger partial charge in [0, 0.05) is 24.5 Å². The Morgan fingerprint density at radius 3 is 2.67 bits per heavy atom. The average molecular weight is 715 g/mol. The van der Waals surface area contributed by atoms with Crippen LogP contribution in [0.1, 0.15) is 57.2 Å². The molecule has 0 bridgehead atoms. The van der Waals surface area contributed by atoms with Gasteiger partial charge in [-0.2, -0.15) is 5.26 Å². The van der Waals surface area contributed by atoms with Gasteiger partial charge in [-0.3, -0.25) is 10.1 Å². The second kappa shape index (κ2) is 12.4. The van der Waals surface area contributed by atoms with Crippen molar-refractivity contribution in [2.75, 3.05) is 30.0 Å². The fraction of sp³-hybridized carbons (Fsp3) is 0.406. The number of piperidine rings is 1. The predicted octanol–water partition coefficient (Wildman–Crippen LogP) is 6.38. The zero-order valence-electron chi connectivity index (χ0n) is 26.8. The van der Waals surface area contributed by atoms with Crippen LogP contribution in [0.15, 0.2) is 17.3 Å². The Balaban J connectivity index is 1.62. The lowest BCUT2D eigenvalue weighted by molar-refractivity contribution is -0.132. The van der Waals surface area contributed by atoms with Gasteiger partial charge in [0.05, 0.1) is 45.2 Å². The molecule has 252 valence electrons. The Labute approximate surface area is 285 Å². The quantitative estimate of drug-likeness (QED) is 0.214. The summed E-state index contributed by atoms with van der Waals surface area (Å²) in [4.78, 5) is 36.2. The van der Waals surface area contributed by atoms with E-state index in [4.69, 9.17) is 21.1 Å². The molecule has 0 spiro atoms. The van der Waals surface area contributed by atoms with Gasteiger partial charge in [-0.1, -0.05) is 24.6 Å². The minimum absolute atomic E-state index is 0.00147. The van der Waals surface area contributed by atoms with Crippen LogP contribution in [0.5, 0.6) is 0 Å². The van der Waals surface area contributed by atoms with E-state index >= 15 is 4.39 Å². The van der Waals surface area contributed by atoms with Crippen LogP contribution in [0.25, 0.3) is 32.1 Å². The van der Waals surface area contributed by atoms with Gasteiger partial charge in [-0.25, -0.2) is 27.6 Å². The molecule has 2 aliphatic rings. The highest BCUT2D eigenvalue weighted by Gasteiger charge is 2.34. The molecule has 1 saturated heterocycles. The summed E-state index contributed by atoms with van der Waals surface area (Å²) in [6.45, 7) is 7.33. The molecule has 2 aromatic carbocycles. The molecule has 4 aromatic rings. The molecule has 6 rings (SSSR count). The SMILES string of the molecule is CCS(=O)(=O)c1nc(N[C@@H]2CCCN(C)C2=O)c2c3c(c(-c4ccc(F)c5sc(NC(=O)OC(C)(C)C)c(C#N)c45)c(Cl)c2n1)COC3. The van der Waals surface area contributed by atoms with E-state index in [9.17, 15) is 23.3 Å². The number of carbonyl (C=O) groups excluding carboxylic acids is 2. The minimum atomic E-state index is -3.95. The van der Waals surface area contributed by atoms with Crippen LogP contribution in [-0.2, 0) is 37.3 Å². The molecule has 2 N–H and O–H groups in total. The van der Waals surface area contributed by atoms with Gasteiger partial charge < -0.3 is 19.7 Å². The number of halogens is 2. The number of aromatic nitrogens is 2. The molecule has 1 atom stereocenters. The van der Waals surface area contributed by atoms with E-state index < -0.39 is 38.5 Å². The van der Waals surface area contributed by atoms with E-state index in [-0.39, 0.29) is 61.9 Å². The number of hydrogen-bond donors (Lipinski definition) is 2. The molecule has 2 aromatic heterocycles. The van der Waals surface area contributed by atoms with Crippen molar-refractivity contribution < 1.29 is 31.9 Å². The topological polar surface area (TPSA) is 164 Å². The number of nitrogens with one attached hydrogen (secondary N) is 2. The number of fused-ring (bicyclic) bond motifs is 4. The summed E-state index contributed by atoms with van der Waals surface area (Å²) in [5.74, 6) is -0.926. The summed E-state index contributed by atoms with van der Waals surface area (Å²) >= 11 is 8.06. The molecule has 2 amide bonds. The summed E-state index contributed by atoms with van der Waals surface area (Å²) in [7, 11) is -2.25. The van der Waals surface area contributed by atoms with E-state index in [0.717, 1.165) is 17.8 Å². The van der Waals surface area contributed by atoms with Gasteiger partial charge in [0.1, 0.15) is 34.3 Å². The number of sulfone groups is 1. The second-order valence-corrected chi connectivity index (χ2v) is 16.1. The third-order valence-electron chi connectivity index (χ3n) is 8.19. The summed E-state index contributed by atoms with van der Waals surface area (Å²) in [5, 5.41) is 16.3. The van der Waals surface area contributed by atoms with Gasteiger partial charge in [-0.05, 0) is 56.4 Å². The lowest BCUT2D eigenvalue weighted by Crippen LogP contribution is -2.45. The Kier molecular flexibility index (Phi) is 8.74. The maximum absolute atomic E-state index is 15.4. The summed E-state index contributed by atoms with van der Waals surface area (Å²) in [5.41, 5.74) is 1.24. The van der Waals surface area contributed by atoms with Gasteiger partial charge in [0.2, 0.25) is 20.9 Å². The first-order valence-electron chi connectivity index (χ1n) is 15.2. The summed E-state index contributed by atoms with van der Waals surface area (Å²) in [6, 6.07) is 4.15. The largest absolute Gasteiger partial charge is 0.444 e. The van der Waals surface area contributed by atoms with Crippen molar-refractivity contribution >= 4 is 76.6 Å². The predicted molar refractivity (Wildman–Crippen MR) is 180 cm³/mol. The number of amides is 2. The summed E-state index contributed by atoms with van der Waals surface area (Å²) < 4.78 is 53.1. The molecular weight excluding hydrogens is 683 g/mol. The number of nitrogens with zero attached hydrogens (tertiary/aromatic N) is 4. The zero-order chi connectivity index (χ0) is 34.7. The second-order valence-electron chi connectivity index (χ2n) is 12.6. The molecule has 12 nitrogen and oxygen atoms in total. The number of carbonyl (C=O) groups is 2. The molecular formula is C32H32ClFN6O6S2. The standard InChI is InChI=1S/C32H32ClFN6O6S2/c1-6-48(43,44)30-37-25-23(27(38-30)36-20-8-7-11-40(5)29(20)41)18-14-45-13-17(18)21(24(25)33)15-9-10-19(34)26-22(15)16(12-35)28(47-26)39-31(42)46-32(2,3)4/h9-10,20H,6-8,11,13-14H2,1-5H3,(H,39,42)(H,36,37,38)/t20-/m1/s1. The van der Waals surface area contributed by atoms with Crippen molar-refractivity contribution in [3.8, 4) is 17.2 Å². The molecule has 0 saturated carbocycles. The van der Waals surface area contributed by atoms with Crippen LogP contribution >= 0.6 is 22.9 Å². The maximum atomic E-state index is 15.4. The molecule has 1 fully saturated rings. The number of nitriles is 1. The van der Waals surface area contributed by atoms with Crippen molar-refractivity contribution in [1.29, 1.82) is 5.26 Å². The lowest BCUT2D eigenvalue weighted by Gasteiger charge is -2.30. The number of ether oxygens (including phenoxy) is 2. The Morgan fingerprint density at radius 1 is 1.25 bits per heavy atom. The molecule has 48 heavy (non-hydrogen) atoms. The van der Waals surface area contributed by atoms with E-state index in [2.05, 4.69) is 26.7 Å². The van der Waals surface area contributed by atoms with E-state index in [1.54, 1.807) is 32.7 Å². The van der Waals surface area contributed by atoms with Crippen LogP contribution in [-0.4, -0.2) is 66.3 Å². The minimum Gasteiger partial charge on any atom is -0.444 e. The first kappa shape index (κ1) is 33.8. The molecule has 4 heterocycles. The highest BCUT2D eigenvalue weighted by molar-refractivity contribution is 7.91. The number of anilines is 2. The average Bonchev–Trinajstić information content (AvgIpc) is 3.64. The van der Waals surface area contributed by atoms with Crippen LogP contribution in [0, 0.1) is 17.1 Å². The molecule has 0 radical (unpaired) electrons. The van der Waals surface area contributed by atoms with Crippen LogP contribution < -0.4 is 10.6 Å². The summed E-state index contributed by atoms with van der Waals surface area (Å²) in [6.07, 6.45) is 0.439. The molecule has 0 unspecified atom stereocenters. The molecule has 16 heteroatoms. The van der Waals surface area contributed by atoms with Crippen LogP contribution in [0.3, 0.4) is 0 Å². The molecule has 0 aliphatic carbocycles. The van der Waals surface area contributed by atoms with Crippen LogP contribution in [0.4, 0.5) is 20.0 Å². The number of likely N-dealkylation sites (N-methyl/N-ethyl adjacent to an activating group) is 1. The number of hydrogen-bond acceptors (Lipinski definition) is 11. The smallest absolute Gasteiger partial charge is 0.412 e. The van der Waals surface area contributed by atoms with Crippen molar-refractivity contribution in [2.45, 2.75) is 70.5 Å². The Morgan fingerprint density at radius 2 is 1.98 bits per heavy atom. The fourth-order valence-electron chi connectivity index (χ4n) is 5.97. The first-order chi connectivity index (χ1) is 22.6. The monoisotopic (exact) mass is 714 g/mol. The Bertz CT molecular complexity index is 2180. The highest BCUT2D eigenvalue weighted by atomic mass is 35.5. The van der Waals surface area contributed by atoms with E-state index in [1.807, 2.05) is 0 Å². The van der Waals surface area contributed by atoms with Crippen molar-refractivity contribution in [3.05, 3.63) is 39.7 Å². The number of rotatable bonds is 6. The van der Waals surface area contributed by atoms with Crippen molar-refractivity contribution in [3.63, 3.8) is 0 Å². The van der Waals surface area contributed by atoms with Gasteiger partial charge in [-0.15, -0.1) is 11.3 Å². The zero-order valence-corrected chi connectivity index (χ0v) is 29.2. The normalized spacial score (nSPS) is 16.7. The first-order valence-corrected chi connectivity index (χ1v) is 18.0. The van der Waals surface area contributed by atoms with E-state index in [1.165, 1.54) is 19.1 Å². The van der Waals surface area contributed by atoms with Gasteiger partial charge >= 0.3 is 6.09 Å². The van der Waals surface area contributed by atoms with Crippen molar-refractivity contribution in [1.82, 2.24) is 14.9 Å². The maximum Gasteiger partial charge on any atom is 0.412 e. The fourth-order valence-corrected chi connectivity index (χ4v) is 8.11. The van der Waals surface area contributed by atoms with Crippen LogP contribution in [0.2, 0.25) is 5.02 Å². The lowest BCUT2D eigenvalue weighted by atomic mass is 9.91.